The summed E-state index contributed by atoms with van der Waals surface area (Å²) in [6.07, 6.45) is 1.34. The van der Waals surface area contributed by atoms with Gasteiger partial charge in [0.2, 0.25) is 0 Å². The van der Waals surface area contributed by atoms with Gasteiger partial charge in [-0.3, -0.25) is 14.9 Å². The van der Waals surface area contributed by atoms with E-state index in [1.54, 1.807) is 31.2 Å². The van der Waals surface area contributed by atoms with Gasteiger partial charge in [-0.1, -0.05) is 59.6 Å². The number of nitrogens with zero attached hydrogens (tertiary/aromatic N) is 1. The van der Waals surface area contributed by atoms with E-state index in [-0.39, 0.29) is 22.9 Å². The average Bonchev–Trinajstić information content (AvgIpc) is 2.83. The van der Waals surface area contributed by atoms with E-state index in [4.69, 9.17) is 32.7 Å². The molecule has 0 atom stereocenters. The Balaban J connectivity index is 1.65. The molecule has 0 aromatic heterocycles. The molecule has 1 saturated heterocycles. The van der Waals surface area contributed by atoms with Crippen molar-refractivity contribution >= 4 is 52.8 Å². The topological polar surface area (TPSA) is 84.9 Å². The Kier molecular flexibility index (Phi) is 7.10. The van der Waals surface area contributed by atoms with Gasteiger partial charge in [0.25, 0.3) is 11.8 Å². The second kappa shape index (κ2) is 10.2. The molecule has 0 unspecified atom stereocenters. The fourth-order valence-corrected chi connectivity index (χ4v) is 3.92. The molecule has 1 heterocycles. The zero-order valence-electron chi connectivity index (χ0n) is 18.8. The summed E-state index contributed by atoms with van der Waals surface area (Å²) < 4.78 is 11.3. The average molecular weight is 511 g/mol. The van der Waals surface area contributed by atoms with Gasteiger partial charge in [-0.25, -0.2) is 9.69 Å². The zero-order valence-corrected chi connectivity index (χ0v) is 20.3. The lowest BCUT2D eigenvalue weighted by atomic mass is 10.1. The number of carbonyl (C=O) groups excluding carboxylic acids is 3. The van der Waals surface area contributed by atoms with Crippen molar-refractivity contribution in [1.29, 1.82) is 0 Å². The van der Waals surface area contributed by atoms with Crippen LogP contribution in [0.5, 0.6) is 11.5 Å². The number of benzene rings is 3. The summed E-state index contributed by atoms with van der Waals surface area (Å²) in [4.78, 5) is 39.0. The van der Waals surface area contributed by atoms with Crippen LogP contribution in [0.3, 0.4) is 0 Å². The lowest BCUT2D eigenvalue weighted by molar-refractivity contribution is -0.122. The number of ether oxygens (including phenoxy) is 2. The number of anilines is 1. The molecule has 0 saturated carbocycles. The Bertz CT molecular complexity index is 1360. The van der Waals surface area contributed by atoms with Gasteiger partial charge in [-0.05, 0) is 54.0 Å². The Hall–Kier alpha value is -3.81. The van der Waals surface area contributed by atoms with Crippen LogP contribution < -0.4 is 19.7 Å². The number of amides is 4. The molecule has 4 amide bonds. The minimum atomic E-state index is -0.864. The van der Waals surface area contributed by atoms with E-state index in [1.165, 1.54) is 19.3 Å². The molecular weight excluding hydrogens is 491 g/mol. The SMILES string of the molecule is COc1cc(/C=C2/C(=O)NC(=O)N(c3ccc(C)c(Cl)c3)C2=O)cc(Cl)c1OCc1ccccc1. The molecule has 0 bridgehead atoms. The van der Waals surface area contributed by atoms with Crippen LogP contribution >= 0.6 is 23.2 Å². The monoisotopic (exact) mass is 510 g/mol. The quantitative estimate of drug-likeness (QED) is 0.346. The fraction of sp³-hybridized carbons (Fsp3) is 0.115. The summed E-state index contributed by atoms with van der Waals surface area (Å²) in [5, 5.41) is 2.80. The van der Waals surface area contributed by atoms with Crippen LogP contribution in [-0.2, 0) is 16.2 Å². The van der Waals surface area contributed by atoms with Crippen molar-refractivity contribution in [3.63, 3.8) is 0 Å². The maximum atomic E-state index is 13.2. The van der Waals surface area contributed by atoms with Crippen LogP contribution in [0.1, 0.15) is 16.7 Å². The molecule has 4 rings (SSSR count). The number of barbiturate groups is 1. The summed E-state index contributed by atoms with van der Waals surface area (Å²) in [5.41, 5.74) is 2.12. The molecule has 0 radical (unpaired) electrons. The van der Waals surface area contributed by atoms with Gasteiger partial charge in [0.15, 0.2) is 11.5 Å². The van der Waals surface area contributed by atoms with Crippen molar-refractivity contribution in [3.05, 3.63) is 93.0 Å². The van der Waals surface area contributed by atoms with Crippen LogP contribution in [0.4, 0.5) is 10.5 Å². The predicted octanol–water partition coefficient (Wildman–Crippen LogP) is 5.56. The Morgan fingerprint density at radius 2 is 1.71 bits per heavy atom. The number of urea groups is 1. The summed E-state index contributed by atoms with van der Waals surface area (Å²) >= 11 is 12.6. The molecule has 3 aromatic carbocycles. The number of rotatable bonds is 6. The number of aryl methyl sites for hydroxylation is 1. The third-order valence-corrected chi connectivity index (χ3v) is 5.99. The molecule has 1 aliphatic rings. The third-order valence-electron chi connectivity index (χ3n) is 5.30. The van der Waals surface area contributed by atoms with E-state index in [2.05, 4.69) is 5.32 Å². The normalized spacial score (nSPS) is 14.8. The van der Waals surface area contributed by atoms with Crippen molar-refractivity contribution in [2.24, 2.45) is 0 Å². The molecule has 0 aliphatic carbocycles. The molecule has 9 heteroatoms. The van der Waals surface area contributed by atoms with Crippen molar-refractivity contribution < 1.29 is 23.9 Å². The molecular formula is C26H20Cl2N2O5. The van der Waals surface area contributed by atoms with Gasteiger partial charge in [0.1, 0.15) is 12.2 Å². The first kappa shape index (κ1) is 24.3. The van der Waals surface area contributed by atoms with Crippen LogP contribution in [-0.4, -0.2) is 25.0 Å². The Morgan fingerprint density at radius 3 is 2.40 bits per heavy atom. The van der Waals surface area contributed by atoms with E-state index in [0.29, 0.717) is 22.1 Å². The first-order valence-corrected chi connectivity index (χ1v) is 11.3. The van der Waals surface area contributed by atoms with Crippen LogP contribution in [0, 0.1) is 6.92 Å². The first-order chi connectivity index (χ1) is 16.8. The molecule has 1 fully saturated rings. The largest absolute Gasteiger partial charge is 0.493 e. The summed E-state index contributed by atoms with van der Waals surface area (Å²) in [6.45, 7) is 2.07. The number of hydrogen-bond acceptors (Lipinski definition) is 5. The molecule has 1 aliphatic heterocycles. The van der Waals surface area contributed by atoms with Crippen molar-refractivity contribution in [1.82, 2.24) is 5.32 Å². The number of imide groups is 2. The standard InChI is InChI=1S/C26H20Cl2N2O5/c1-15-8-9-18(13-20(15)27)30-25(32)19(24(31)29-26(30)33)10-17-11-21(28)23(22(12-17)34-2)35-14-16-6-4-3-5-7-16/h3-13H,14H2,1-2H3,(H,29,31,33)/b19-10-. The molecule has 3 aromatic rings. The Morgan fingerprint density at radius 1 is 0.971 bits per heavy atom. The molecule has 35 heavy (non-hydrogen) atoms. The van der Waals surface area contributed by atoms with Gasteiger partial charge < -0.3 is 9.47 Å². The number of nitrogens with one attached hydrogen (secondary N) is 1. The first-order valence-electron chi connectivity index (χ1n) is 10.5. The Labute approximate surface area is 211 Å². The molecule has 0 spiro atoms. The van der Waals surface area contributed by atoms with Gasteiger partial charge in [0, 0.05) is 5.02 Å². The second-order valence-corrected chi connectivity index (χ2v) is 8.51. The summed E-state index contributed by atoms with van der Waals surface area (Å²) in [6, 6.07) is 16.5. The summed E-state index contributed by atoms with van der Waals surface area (Å²) in [7, 11) is 1.46. The van der Waals surface area contributed by atoms with Gasteiger partial charge >= 0.3 is 6.03 Å². The second-order valence-electron chi connectivity index (χ2n) is 7.70. The van der Waals surface area contributed by atoms with Gasteiger partial charge in [-0.15, -0.1) is 0 Å². The molecule has 7 nitrogen and oxygen atoms in total. The van der Waals surface area contributed by atoms with Crippen molar-refractivity contribution in [2.45, 2.75) is 13.5 Å². The van der Waals surface area contributed by atoms with Crippen LogP contribution in [0.2, 0.25) is 10.0 Å². The molecule has 178 valence electrons. The number of hydrogen-bond donors (Lipinski definition) is 1. The summed E-state index contributed by atoms with van der Waals surface area (Å²) in [5.74, 6) is -0.972. The molecule has 1 N–H and O–H groups in total. The number of halogens is 2. The van der Waals surface area contributed by atoms with Crippen LogP contribution in [0.15, 0.2) is 66.2 Å². The van der Waals surface area contributed by atoms with E-state index in [9.17, 15) is 14.4 Å². The maximum Gasteiger partial charge on any atom is 0.335 e. The minimum absolute atomic E-state index is 0.231. The highest BCUT2D eigenvalue weighted by atomic mass is 35.5. The van der Waals surface area contributed by atoms with E-state index in [1.807, 2.05) is 30.3 Å². The van der Waals surface area contributed by atoms with Crippen molar-refractivity contribution in [2.75, 3.05) is 12.0 Å². The number of methoxy groups -OCH3 is 1. The van der Waals surface area contributed by atoms with E-state index < -0.39 is 17.8 Å². The third kappa shape index (κ3) is 5.16. The van der Waals surface area contributed by atoms with Gasteiger partial charge in [0.05, 0.1) is 17.8 Å². The lowest BCUT2D eigenvalue weighted by Crippen LogP contribution is -2.54. The predicted molar refractivity (Wildman–Crippen MR) is 134 cm³/mol. The highest BCUT2D eigenvalue weighted by Gasteiger charge is 2.37. The number of carbonyl (C=O) groups is 3. The lowest BCUT2D eigenvalue weighted by Gasteiger charge is -2.26. The fourth-order valence-electron chi connectivity index (χ4n) is 3.47. The van der Waals surface area contributed by atoms with Crippen LogP contribution in [0.25, 0.3) is 6.08 Å². The van der Waals surface area contributed by atoms with Crippen molar-refractivity contribution in [3.8, 4) is 11.5 Å². The van der Waals surface area contributed by atoms with E-state index in [0.717, 1.165) is 16.0 Å². The van der Waals surface area contributed by atoms with E-state index >= 15 is 0 Å². The zero-order chi connectivity index (χ0) is 25.1. The maximum absolute atomic E-state index is 13.2. The van der Waals surface area contributed by atoms with Gasteiger partial charge in [-0.2, -0.15) is 0 Å². The highest BCUT2D eigenvalue weighted by Crippen LogP contribution is 2.38. The smallest absolute Gasteiger partial charge is 0.335 e. The highest BCUT2D eigenvalue weighted by molar-refractivity contribution is 6.39. The minimum Gasteiger partial charge on any atom is -0.493 e.